The molecule has 0 saturated carbocycles. The number of aromatic hydroxyl groups is 4. The summed E-state index contributed by atoms with van der Waals surface area (Å²) >= 11 is 12.5. The van der Waals surface area contributed by atoms with Crippen molar-refractivity contribution in [3.63, 3.8) is 0 Å². The molecule has 4 nitrogen and oxygen atoms in total. The first kappa shape index (κ1) is 21.9. The van der Waals surface area contributed by atoms with Gasteiger partial charge in [-0.1, -0.05) is 59.6 Å². The summed E-state index contributed by atoms with van der Waals surface area (Å²) in [7, 11) is 0. The molecule has 0 aliphatic rings. The summed E-state index contributed by atoms with van der Waals surface area (Å²) in [6.07, 6.45) is 0. The van der Waals surface area contributed by atoms with Crippen LogP contribution in [0.25, 0.3) is 0 Å². The average molecular weight is 467 g/mol. The first-order valence-electron chi connectivity index (χ1n) is 9.88. The van der Waals surface area contributed by atoms with Crippen molar-refractivity contribution in [2.24, 2.45) is 0 Å². The van der Waals surface area contributed by atoms with Crippen LogP contribution < -0.4 is 0 Å². The number of phenols is 4. The highest BCUT2D eigenvalue weighted by molar-refractivity contribution is 6.32. The second kappa shape index (κ2) is 9.03. The van der Waals surface area contributed by atoms with Crippen molar-refractivity contribution in [3.05, 3.63) is 117 Å². The maximum Gasteiger partial charge on any atom is 0.134 e. The largest absolute Gasteiger partial charge is 0.508 e. The van der Waals surface area contributed by atoms with Gasteiger partial charge in [-0.3, -0.25) is 0 Å². The van der Waals surface area contributed by atoms with Gasteiger partial charge in [0.1, 0.15) is 23.0 Å². The van der Waals surface area contributed by atoms with E-state index < -0.39 is 0 Å². The fourth-order valence-corrected chi connectivity index (χ4v) is 4.33. The Kier molecular flexibility index (Phi) is 6.17. The van der Waals surface area contributed by atoms with Crippen molar-refractivity contribution >= 4 is 23.2 Å². The lowest BCUT2D eigenvalue weighted by Crippen LogP contribution is -2.15. The van der Waals surface area contributed by atoms with Crippen LogP contribution in [0.4, 0.5) is 0 Å². The van der Waals surface area contributed by atoms with Crippen LogP contribution in [0.1, 0.15) is 34.1 Å². The number of hydrogen-bond donors (Lipinski definition) is 4. The molecule has 0 saturated heterocycles. The second-order valence-corrected chi connectivity index (χ2v) is 8.37. The summed E-state index contributed by atoms with van der Waals surface area (Å²) in [6, 6.07) is 23.9. The van der Waals surface area contributed by atoms with Crippen molar-refractivity contribution in [1.29, 1.82) is 0 Å². The van der Waals surface area contributed by atoms with Gasteiger partial charge in [-0.25, -0.2) is 0 Å². The number of hydrogen-bond acceptors (Lipinski definition) is 4. The third kappa shape index (κ3) is 4.47. The van der Waals surface area contributed by atoms with E-state index in [0.29, 0.717) is 0 Å². The molecule has 32 heavy (non-hydrogen) atoms. The third-order valence-electron chi connectivity index (χ3n) is 5.50. The maximum atomic E-state index is 9.97. The van der Waals surface area contributed by atoms with Crippen LogP contribution >= 0.6 is 23.2 Å². The molecule has 0 heterocycles. The van der Waals surface area contributed by atoms with Crippen LogP contribution in [-0.2, 0) is 0 Å². The predicted octanol–water partition coefficient (Wildman–Crippen LogP) is 6.78. The van der Waals surface area contributed by atoms with Crippen LogP contribution in [0.3, 0.4) is 0 Å². The lowest BCUT2D eigenvalue weighted by molar-refractivity contribution is 0.473. The summed E-state index contributed by atoms with van der Waals surface area (Å²) in [5.41, 5.74) is 3.46. The maximum absolute atomic E-state index is 9.97. The normalized spacial score (nSPS) is 11.2. The van der Waals surface area contributed by atoms with Gasteiger partial charge in [0.05, 0.1) is 10.0 Å². The fraction of sp³-hybridized carbons (Fsp3) is 0.0769. The van der Waals surface area contributed by atoms with E-state index in [2.05, 4.69) is 0 Å². The van der Waals surface area contributed by atoms with Crippen LogP contribution in [0, 0.1) is 0 Å². The minimum Gasteiger partial charge on any atom is -0.508 e. The third-order valence-corrected chi connectivity index (χ3v) is 6.10. The molecular formula is C26H20Cl2O4. The predicted molar refractivity (Wildman–Crippen MR) is 126 cm³/mol. The van der Waals surface area contributed by atoms with Crippen molar-refractivity contribution < 1.29 is 20.4 Å². The SMILES string of the molecule is Oc1ccc(C(c2ccc(O)cc2)C(c2ccc(O)c(Cl)c2)c2ccc(O)c(Cl)c2)cc1. The fourth-order valence-electron chi connectivity index (χ4n) is 3.95. The molecule has 0 fully saturated rings. The second-order valence-electron chi connectivity index (χ2n) is 7.56. The highest BCUT2D eigenvalue weighted by atomic mass is 35.5. The first-order chi connectivity index (χ1) is 15.3. The van der Waals surface area contributed by atoms with Gasteiger partial charge in [0.15, 0.2) is 0 Å². The molecule has 0 radical (unpaired) electrons. The van der Waals surface area contributed by atoms with Crippen molar-refractivity contribution in [2.75, 3.05) is 0 Å². The van der Waals surface area contributed by atoms with E-state index in [-0.39, 0.29) is 44.9 Å². The quantitative estimate of drug-likeness (QED) is 0.261. The molecular weight excluding hydrogens is 447 g/mol. The zero-order valence-corrected chi connectivity index (χ0v) is 18.3. The van der Waals surface area contributed by atoms with Crippen molar-refractivity contribution in [3.8, 4) is 23.0 Å². The van der Waals surface area contributed by atoms with Gasteiger partial charge >= 0.3 is 0 Å². The molecule has 0 amide bonds. The van der Waals surface area contributed by atoms with Gasteiger partial charge in [-0.05, 0) is 70.8 Å². The van der Waals surface area contributed by atoms with E-state index in [4.69, 9.17) is 23.2 Å². The molecule has 162 valence electrons. The van der Waals surface area contributed by atoms with Gasteiger partial charge < -0.3 is 20.4 Å². The lowest BCUT2D eigenvalue weighted by Gasteiger charge is -2.30. The minimum atomic E-state index is -0.319. The minimum absolute atomic E-state index is 0.0243. The van der Waals surface area contributed by atoms with Gasteiger partial charge in [-0.2, -0.15) is 0 Å². The number of benzene rings is 4. The smallest absolute Gasteiger partial charge is 0.134 e. The van der Waals surface area contributed by atoms with Crippen LogP contribution in [0.2, 0.25) is 10.0 Å². The topological polar surface area (TPSA) is 80.9 Å². The van der Waals surface area contributed by atoms with Crippen molar-refractivity contribution in [2.45, 2.75) is 11.8 Å². The molecule has 0 aromatic heterocycles. The van der Waals surface area contributed by atoms with E-state index in [0.717, 1.165) is 22.3 Å². The van der Waals surface area contributed by atoms with Crippen LogP contribution in [0.5, 0.6) is 23.0 Å². The Hall–Kier alpha value is -3.34. The number of halogens is 2. The molecule has 6 heteroatoms. The van der Waals surface area contributed by atoms with Crippen LogP contribution in [-0.4, -0.2) is 20.4 Å². The molecule has 4 rings (SSSR count). The Labute approximate surface area is 195 Å². The Morgan fingerprint density at radius 3 is 1.09 bits per heavy atom. The molecule has 4 aromatic carbocycles. The van der Waals surface area contributed by atoms with E-state index in [9.17, 15) is 20.4 Å². The molecule has 0 aliphatic heterocycles. The number of rotatable bonds is 5. The van der Waals surface area contributed by atoms with E-state index in [1.54, 1.807) is 48.5 Å². The van der Waals surface area contributed by atoms with E-state index in [1.807, 2.05) is 24.3 Å². The van der Waals surface area contributed by atoms with Gasteiger partial charge in [0.25, 0.3) is 0 Å². The van der Waals surface area contributed by atoms with Gasteiger partial charge in [0.2, 0.25) is 0 Å². The Bertz CT molecular complexity index is 1140. The van der Waals surface area contributed by atoms with E-state index in [1.165, 1.54) is 12.1 Å². The molecule has 0 atom stereocenters. The van der Waals surface area contributed by atoms with Gasteiger partial charge in [0, 0.05) is 11.8 Å². The zero-order chi connectivity index (χ0) is 22.8. The molecule has 0 unspecified atom stereocenters. The molecule has 4 aromatic rings. The Balaban J connectivity index is 1.98. The van der Waals surface area contributed by atoms with Crippen LogP contribution in [0.15, 0.2) is 84.9 Å². The van der Waals surface area contributed by atoms with Gasteiger partial charge in [-0.15, -0.1) is 0 Å². The highest BCUT2D eigenvalue weighted by Crippen LogP contribution is 2.46. The Morgan fingerprint density at radius 1 is 0.438 bits per heavy atom. The van der Waals surface area contributed by atoms with Crippen molar-refractivity contribution in [1.82, 2.24) is 0 Å². The molecule has 0 aliphatic carbocycles. The standard InChI is InChI=1S/C26H20Cl2O4/c27-21-13-17(5-11-23(21)31)26(18-6-12-24(32)22(28)14-18)25(15-1-7-19(29)8-2-15)16-3-9-20(30)10-4-16/h1-14,25-26,29-32H. The highest BCUT2D eigenvalue weighted by Gasteiger charge is 2.29. The first-order valence-corrected chi connectivity index (χ1v) is 10.6. The summed E-state index contributed by atoms with van der Waals surface area (Å²) in [5, 5.41) is 40.0. The summed E-state index contributed by atoms with van der Waals surface area (Å²) in [5.74, 6) is -0.338. The summed E-state index contributed by atoms with van der Waals surface area (Å²) in [6.45, 7) is 0. The Morgan fingerprint density at radius 2 is 0.750 bits per heavy atom. The lowest BCUT2D eigenvalue weighted by atomic mass is 9.73. The summed E-state index contributed by atoms with van der Waals surface area (Å²) in [4.78, 5) is 0. The zero-order valence-electron chi connectivity index (χ0n) is 16.8. The molecule has 0 bridgehead atoms. The monoisotopic (exact) mass is 466 g/mol. The van der Waals surface area contributed by atoms with E-state index >= 15 is 0 Å². The number of phenolic OH excluding ortho intramolecular Hbond substituents is 4. The average Bonchev–Trinajstić information content (AvgIpc) is 2.78. The molecule has 0 spiro atoms. The molecule has 4 N–H and O–H groups in total. The summed E-state index contributed by atoms with van der Waals surface area (Å²) < 4.78 is 0.